The van der Waals surface area contributed by atoms with E-state index in [9.17, 15) is 9.50 Å². The lowest BCUT2D eigenvalue weighted by molar-refractivity contribution is 0.0977. The topological polar surface area (TPSA) is 20.2 Å². The van der Waals surface area contributed by atoms with Gasteiger partial charge in [0.25, 0.3) is 0 Å². The molecule has 18 heavy (non-hydrogen) atoms. The predicted molar refractivity (Wildman–Crippen MR) is 72.3 cm³/mol. The molecule has 1 N–H and O–H groups in total. The lowest BCUT2D eigenvalue weighted by Gasteiger charge is -2.21. The fourth-order valence-corrected chi connectivity index (χ4v) is 2.98. The molecule has 0 spiro atoms. The first-order valence-corrected chi connectivity index (χ1v) is 7.16. The van der Waals surface area contributed by atoms with E-state index in [2.05, 4.69) is 0 Å². The van der Waals surface area contributed by atoms with Crippen LogP contribution in [0, 0.1) is 11.7 Å². The number of hydrogen-bond acceptors (Lipinski definition) is 1. The van der Waals surface area contributed by atoms with Crippen LogP contribution < -0.4 is 0 Å². The summed E-state index contributed by atoms with van der Waals surface area (Å²) < 4.78 is 13.6. The number of halogens is 2. The maximum absolute atomic E-state index is 13.6. The molecule has 0 aliphatic heterocycles. The Labute approximate surface area is 113 Å². The van der Waals surface area contributed by atoms with E-state index in [0.717, 1.165) is 12.8 Å². The fraction of sp³-hybridized carbons (Fsp3) is 0.600. The van der Waals surface area contributed by atoms with E-state index in [1.54, 1.807) is 12.1 Å². The van der Waals surface area contributed by atoms with E-state index >= 15 is 0 Å². The first-order chi connectivity index (χ1) is 8.66. The lowest BCUT2D eigenvalue weighted by atomic mass is 9.90. The van der Waals surface area contributed by atoms with Crippen LogP contribution >= 0.6 is 11.6 Å². The van der Waals surface area contributed by atoms with Gasteiger partial charge in [0.1, 0.15) is 5.82 Å². The number of rotatable bonds is 3. The van der Waals surface area contributed by atoms with Crippen molar-refractivity contribution in [1.82, 2.24) is 0 Å². The summed E-state index contributed by atoms with van der Waals surface area (Å²) in [5.41, 5.74) is 0.527. The first kappa shape index (κ1) is 13.8. The van der Waals surface area contributed by atoms with Gasteiger partial charge < -0.3 is 5.11 Å². The molecule has 0 saturated heterocycles. The second kappa shape index (κ2) is 6.53. The molecular formula is C15H20ClFO. The van der Waals surface area contributed by atoms with Gasteiger partial charge in [-0.05, 0) is 42.5 Å². The Kier molecular flexibility index (Phi) is 5.02. The SMILES string of the molecule is OC(Cc1cc(Cl)ccc1F)C1CCCCCC1. The normalized spacial score (nSPS) is 19.5. The van der Waals surface area contributed by atoms with Gasteiger partial charge in [-0.25, -0.2) is 4.39 Å². The molecule has 0 amide bonds. The molecule has 2 rings (SSSR count). The summed E-state index contributed by atoms with van der Waals surface area (Å²) in [4.78, 5) is 0. The third kappa shape index (κ3) is 3.69. The molecule has 1 aromatic rings. The Hall–Kier alpha value is -0.600. The molecule has 1 nitrogen and oxygen atoms in total. The van der Waals surface area contributed by atoms with Crippen LogP contribution in [0.25, 0.3) is 0 Å². The van der Waals surface area contributed by atoms with Crippen LogP contribution in [0.3, 0.4) is 0 Å². The molecule has 0 aromatic heterocycles. The Morgan fingerprint density at radius 3 is 2.56 bits per heavy atom. The Morgan fingerprint density at radius 1 is 1.22 bits per heavy atom. The molecule has 0 radical (unpaired) electrons. The third-order valence-electron chi connectivity index (χ3n) is 3.88. The van der Waals surface area contributed by atoms with Crippen LogP contribution in [0.5, 0.6) is 0 Å². The van der Waals surface area contributed by atoms with Crippen LogP contribution in [0.4, 0.5) is 4.39 Å². The maximum atomic E-state index is 13.6. The fourth-order valence-electron chi connectivity index (χ4n) is 2.79. The Morgan fingerprint density at radius 2 is 1.89 bits per heavy atom. The Bertz CT molecular complexity index is 386. The molecule has 1 fully saturated rings. The molecule has 1 aliphatic rings. The summed E-state index contributed by atoms with van der Waals surface area (Å²) in [7, 11) is 0. The van der Waals surface area contributed by atoms with Crippen LogP contribution in [0.2, 0.25) is 5.02 Å². The van der Waals surface area contributed by atoms with E-state index in [1.165, 1.54) is 31.7 Å². The van der Waals surface area contributed by atoms with E-state index in [4.69, 9.17) is 11.6 Å². The molecule has 100 valence electrons. The molecule has 1 aromatic carbocycles. The average Bonchev–Trinajstić information content (AvgIpc) is 2.62. The molecule has 0 bridgehead atoms. The average molecular weight is 271 g/mol. The van der Waals surface area contributed by atoms with Gasteiger partial charge in [0.2, 0.25) is 0 Å². The van der Waals surface area contributed by atoms with Gasteiger partial charge in [-0.3, -0.25) is 0 Å². The van der Waals surface area contributed by atoms with Crippen molar-refractivity contribution in [2.45, 2.75) is 51.0 Å². The largest absolute Gasteiger partial charge is 0.392 e. The summed E-state index contributed by atoms with van der Waals surface area (Å²) in [5.74, 6) is 0.0398. The minimum Gasteiger partial charge on any atom is -0.392 e. The smallest absolute Gasteiger partial charge is 0.126 e. The zero-order valence-electron chi connectivity index (χ0n) is 10.5. The minimum atomic E-state index is -0.448. The third-order valence-corrected chi connectivity index (χ3v) is 4.12. The summed E-state index contributed by atoms with van der Waals surface area (Å²) in [6.07, 6.45) is 6.92. The minimum absolute atomic E-state index is 0.271. The number of hydrogen-bond donors (Lipinski definition) is 1. The first-order valence-electron chi connectivity index (χ1n) is 6.79. The summed E-state index contributed by atoms with van der Waals surface area (Å²) in [6, 6.07) is 4.53. The highest BCUT2D eigenvalue weighted by Crippen LogP contribution is 2.28. The summed E-state index contributed by atoms with van der Waals surface area (Å²) in [5, 5.41) is 10.8. The van der Waals surface area contributed by atoms with Crippen LogP contribution in [0.1, 0.15) is 44.1 Å². The molecule has 1 aliphatic carbocycles. The Balaban J connectivity index is 2.00. The molecule has 3 heteroatoms. The van der Waals surface area contributed by atoms with Gasteiger partial charge in [0, 0.05) is 11.4 Å². The number of aliphatic hydroxyl groups excluding tert-OH is 1. The van der Waals surface area contributed by atoms with Crippen LogP contribution in [0.15, 0.2) is 18.2 Å². The molecule has 1 atom stereocenters. The highest BCUT2D eigenvalue weighted by atomic mass is 35.5. The standard InChI is InChI=1S/C15H20ClFO/c16-13-7-8-14(17)12(9-13)10-15(18)11-5-3-1-2-4-6-11/h7-9,11,15,18H,1-6,10H2. The second-order valence-electron chi connectivity index (χ2n) is 5.26. The summed E-state index contributed by atoms with van der Waals surface area (Å²) >= 11 is 5.86. The van der Waals surface area contributed by atoms with Crippen LogP contribution in [-0.2, 0) is 6.42 Å². The van der Waals surface area contributed by atoms with Crippen molar-refractivity contribution in [3.05, 3.63) is 34.6 Å². The highest BCUT2D eigenvalue weighted by molar-refractivity contribution is 6.30. The van der Waals surface area contributed by atoms with Crippen LogP contribution in [-0.4, -0.2) is 11.2 Å². The quantitative estimate of drug-likeness (QED) is 0.810. The van der Waals surface area contributed by atoms with Gasteiger partial charge in [-0.15, -0.1) is 0 Å². The monoisotopic (exact) mass is 270 g/mol. The van der Waals surface area contributed by atoms with Gasteiger partial charge in [0.15, 0.2) is 0 Å². The van der Waals surface area contributed by atoms with Crippen molar-refractivity contribution in [3.8, 4) is 0 Å². The van der Waals surface area contributed by atoms with Gasteiger partial charge in [-0.1, -0.05) is 37.3 Å². The van der Waals surface area contributed by atoms with Crippen molar-refractivity contribution in [2.75, 3.05) is 0 Å². The molecule has 1 unspecified atom stereocenters. The van der Waals surface area contributed by atoms with Crippen molar-refractivity contribution in [3.63, 3.8) is 0 Å². The van der Waals surface area contributed by atoms with Gasteiger partial charge in [0.05, 0.1) is 6.10 Å². The highest BCUT2D eigenvalue weighted by Gasteiger charge is 2.22. The zero-order chi connectivity index (χ0) is 13.0. The second-order valence-corrected chi connectivity index (χ2v) is 5.70. The number of aliphatic hydroxyl groups is 1. The van der Waals surface area contributed by atoms with Gasteiger partial charge in [-0.2, -0.15) is 0 Å². The van der Waals surface area contributed by atoms with Crippen molar-refractivity contribution >= 4 is 11.6 Å². The zero-order valence-corrected chi connectivity index (χ0v) is 11.3. The van der Waals surface area contributed by atoms with E-state index < -0.39 is 6.10 Å². The maximum Gasteiger partial charge on any atom is 0.126 e. The molecular weight excluding hydrogens is 251 g/mol. The summed E-state index contributed by atoms with van der Waals surface area (Å²) in [6.45, 7) is 0. The lowest BCUT2D eigenvalue weighted by Crippen LogP contribution is -2.23. The van der Waals surface area contributed by atoms with E-state index in [1.807, 2.05) is 0 Å². The van der Waals surface area contributed by atoms with E-state index in [-0.39, 0.29) is 5.82 Å². The van der Waals surface area contributed by atoms with Crippen molar-refractivity contribution in [2.24, 2.45) is 5.92 Å². The number of benzene rings is 1. The molecule has 0 heterocycles. The van der Waals surface area contributed by atoms with Gasteiger partial charge >= 0.3 is 0 Å². The van der Waals surface area contributed by atoms with Crippen molar-refractivity contribution < 1.29 is 9.50 Å². The predicted octanol–water partition coefficient (Wildman–Crippen LogP) is 4.35. The van der Waals surface area contributed by atoms with E-state index in [0.29, 0.717) is 22.9 Å². The van der Waals surface area contributed by atoms with Crippen molar-refractivity contribution in [1.29, 1.82) is 0 Å². The molecule has 1 saturated carbocycles.